The van der Waals surface area contributed by atoms with Gasteiger partial charge in [0.25, 0.3) is 0 Å². The van der Waals surface area contributed by atoms with Crippen molar-refractivity contribution in [2.24, 2.45) is 0 Å². The lowest BCUT2D eigenvalue weighted by Crippen LogP contribution is -1.93. The third-order valence-corrected chi connectivity index (χ3v) is 3.72. The van der Waals surface area contributed by atoms with E-state index in [0.717, 1.165) is 22.4 Å². The summed E-state index contributed by atoms with van der Waals surface area (Å²) in [7, 11) is 1.61. The van der Waals surface area contributed by atoms with Crippen LogP contribution in [0.5, 0.6) is 5.75 Å². The van der Waals surface area contributed by atoms with Crippen LogP contribution in [0.1, 0.15) is 18.1 Å². The highest BCUT2D eigenvalue weighted by atomic mass is 35.5. The topological polar surface area (TPSA) is 26.3 Å². The number of ketones is 1. The molecule has 0 radical (unpaired) electrons. The second-order valence-electron chi connectivity index (χ2n) is 4.53. The first-order valence-electron chi connectivity index (χ1n) is 6.33. The minimum atomic E-state index is -0.0353. The number of methoxy groups -OCH3 is 1. The summed E-state index contributed by atoms with van der Waals surface area (Å²) in [5.41, 5.74) is 2.54. The van der Waals surface area contributed by atoms with E-state index in [1.165, 1.54) is 6.92 Å². The number of hydrogen-bond acceptors (Lipinski definition) is 2. The highest BCUT2D eigenvalue weighted by Gasteiger charge is 2.09. The summed E-state index contributed by atoms with van der Waals surface area (Å²) >= 11 is 12.0. The van der Waals surface area contributed by atoms with Crippen molar-refractivity contribution < 1.29 is 9.53 Å². The zero-order chi connectivity index (χ0) is 15.4. The number of carbonyl (C=O) groups excluding carboxylic acids is 1. The van der Waals surface area contributed by atoms with E-state index in [1.54, 1.807) is 25.3 Å². The summed E-state index contributed by atoms with van der Waals surface area (Å²) in [6, 6.07) is 12.8. The molecule has 2 aromatic carbocycles. The molecule has 0 atom stereocenters. The van der Waals surface area contributed by atoms with Gasteiger partial charge in [0.2, 0.25) is 0 Å². The molecular formula is C17H14Cl2O2. The molecule has 0 aliphatic heterocycles. The largest absolute Gasteiger partial charge is 0.497 e. The van der Waals surface area contributed by atoms with Gasteiger partial charge in [0.1, 0.15) is 5.75 Å². The van der Waals surface area contributed by atoms with E-state index in [1.807, 2.05) is 30.3 Å². The maximum Gasteiger partial charge on any atom is 0.153 e. The number of hydrogen-bond donors (Lipinski definition) is 0. The van der Waals surface area contributed by atoms with Crippen molar-refractivity contribution in [3.05, 3.63) is 69.7 Å². The lowest BCUT2D eigenvalue weighted by Gasteiger charge is -2.10. The molecular weight excluding hydrogens is 307 g/mol. The molecule has 0 aromatic heterocycles. The van der Waals surface area contributed by atoms with Crippen molar-refractivity contribution in [1.82, 2.24) is 0 Å². The number of carbonyl (C=O) groups is 1. The number of ether oxygens (including phenoxy) is 1. The van der Waals surface area contributed by atoms with Crippen molar-refractivity contribution in [2.75, 3.05) is 7.11 Å². The Labute approximate surface area is 134 Å². The Kier molecular flexibility index (Phi) is 5.05. The van der Waals surface area contributed by atoms with Gasteiger partial charge in [-0.3, -0.25) is 4.79 Å². The van der Waals surface area contributed by atoms with E-state index >= 15 is 0 Å². The molecule has 21 heavy (non-hydrogen) atoms. The van der Waals surface area contributed by atoms with Gasteiger partial charge in [0.15, 0.2) is 5.78 Å². The summed E-state index contributed by atoms with van der Waals surface area (Å²) in [6.07, 6.45) is 1.58. The maximum absolute atomic E-state index is 11.5. The number of rotatable bonds is 4. The van der Waals surface area contributed by atoms with Gasteiger partial charge >= 0.3 is 0 Å². The Morgan fingerprint density at radius 3 is 2.14 bits per heavy atom. The summed E-state index contributed by atoms with van der Waals surface area (Å²) in [6.45, 7) is 1.51. The van der Waals surface area contributed by atoms with Crippen molar-refractivity contribution in [3.63, 3.8) is 0 Å². The van der Waals surface area contributed by atoms with Crippen molar-refractivity contribution in [3.8, 4) is 5.75 Å². The highest BCUT2D eigenvalue weighted by molar-refractivity contribution is 6.42. The van der Waals surface area contributed by atoms with Crippen LogP contribution in [0.2, 0.25) is 10.0 Å². The first-order valence-corrected chi connectivity index (χ1v) is 7.09. The fourth-order valence-electron chi connectivity index (χ4n) is 1.97. The van der Waals surface area contributed by atoms with Gasteiger partial charge in [0, 0.05) is 0 Å². The van der Waals surface area contributed by atoms with Crippen LogP contribution < -0.4 is 4.74 Å². The van der Waals surface area contributed by atoms with E-state index in [2.05, 4.69) is 0 Å². The Morgan fingerprint density at radius 2 is 1.62 bits per heavy atom. The second kappa shape index (κ2) is 6.79. The molecule has 0 aliphatic carbocycles. The van der Waals surface area contributed by atoms with Crippen LogP contribution >= 0.6 is 23.2 Å². The number of benzene rings is 2. The minimum Gasteiger partial charge on any atom is -0.497 e. The summed E-state index contributed by atoms with van der Waals surface area (Å²) in [5, 5.41) is 0.939. The smallest absolute Gasteiger partial charge is 0.153 e. The third kappa shape index (κ3) is 3.87. The predicted molar refractivity (Wildman–Crippen MR) is 87.2 cm³/mol. The Hall–Kier alpha value is -1.77. The summed E-state index contributed by atoms with van der Waals surface area (Å²) < 4.78 is 5.15. The van der Waals surface area contributed by atoms with E-state index in [9.17, 15) is 4.79 Å². The average molecular weight is 321 g/mol. The van der Waals surface area contributed by atoms with Crippen molar-refractivity contribution >= 4 is 34.6 Å². The van der Waals surface area contributed by atoms with Crippen LogP contribution in [-0.2, 0) is 4.79 Å². The van der Waals surface area contributed by atoms with Crippen LogP contribution in [0, 0.1) is 0 Å². The molecule has 0 spiro atoms. The lowest BCUT2D eigenvalue weighted by molar-refractivity contribution is -0.112. The maximum atomic E-state index is 11.5. The van der Waals surface area contributed by atoms with Crippen molar-refractivity contribution in [2.45, 2.75) is 6.92 Å². The van der Waals surface area contributed by atoms with Gasteiger partial charge in [-0.15, -0.1) is 0 Å². The van der Waals surface area contributed by atoms with E-state index in [0.29, 0.717) is 10.0 Å². The highest BCUT2D eigenvalue weighted by Crippen LogP contribution is 2.30. The van der Waals surface area contributed by atoms with Crippen LogP contribution in [0.3, 0.4) is 0 Å². The van der Waals surface area contributed by atoms with Gasteiger partial charge in [0.05, 0.1) is 17.2 Å². The molecule has 0 saturated carbocycles. The van der Waals surface area contributed by atoms with Gasteiger partial charge in [-0.1, -0.05) is 41.4 Å². The lowest BCUT2D eigenvalue weighted by atomic mass is 9.96. The van der Waals surface area contributed by atoms with Gasteiger partial charge in [-0.25, -0.2) is 0 Å². The summed E-state index contributed by atoms with van der Waals surface area (Å²) in [5.74, 6) is 0.724. The summed E-state index contributed by atoms with van der Waals surface area (Å²) in [4.78, 5) is 11.5. The normalized spacial score (nSPS) is 11.3. The fourth-order valence-corrected chi connectivity index (χ4v) is 2.27. The quantitative estimate of drug-likeness (QED) is 0.739. The zero-order valence-corrected chi connectivity index (χ0v) is 13.2. The molecule has 2 nitrogen and oxygen atoms in total. The average Bonchev–Trinajstić information content (AvgIpc) is 2.48. The molecule has 4 heteroatoms. The molecule has 0 heterocycles. The van der Waals surface area contributed by atoms with Crippen LogP contribution in [0.25, 0.3) is 5.57 Å². The first-order chi connectivity index (χ1) is 10.0. The first kappa shape index (κ1) is 15.6. The zero-order valence-electron chi connectivity index (χ0n) is 11.7. The van der Waals surface area contributed by atoms with Gasteiger partial charge < -0.3 is 4.74 Å². The van der Waals surface area contributed by atoms with E-state index < -0.39 is 0 Å². The molecule has 108 valence electrons. The standard InChI is InChI=1S/C17H14Cl2O2/c1-11(20)9-15(12-3-6-14(21-2)7-4-12)13-5-8-16(18)17(19)10-13/h3-10H,1-2H3/b15-9-. The monoisotopic (exact) mass is 320 g/mol. The van der Waals surface area contributed by atoms with Gasteiger partial charge in [-0.2, -0.15) is 0 Å². The minimum absolute atomic E-state index is 0.0353. The number of allylic oxidation sites excluding steroid dienone is 1. The Balaban J connectivity index is 2.52. The second-order valence-corrected chi connectivity index (χ2v) is 5.34. The molecule has 0 fully saturated rings. The third-order valence-electron chi connectivity index (χ3n) is 2.98. The molecule has 0 N–H and O–H groups in total. The van der Waals surface area contributed by atoms with Gasteiger partial charge in [-0.05, 0) is 54.0 Å². The van der Waals surface area contributed by atoms with Crippen LogP contribution in [0.4, 0.5) is 0 Å². The molecule has 0 unspecified atom stereocenters. The molecule has 0 saturated heterocycles. The molecule has 2 aromatic rings. The SMILES string of the molecule is COc1ccc(/C(=C/C(C)=O)c2ccc(Cl)c(Cl)c2)cc1. The molecule has 0 bridgehead atoms. The van der Waals surface area contributed by atoms with E-state index in [-0.39, 0.29) is 5.78 Å². The molecule has 2 rings (SSSR count). The van der Waals surface area contributed by atoms with Crippen LogP contribution in [0.15, 0.2) is 48.5 Å². The molecule has 0 aliphatic rings. The van der Waals surface area contributed by atoms with Crippen LogP contribution in [-0.4, -0.2) is 12.9 Å². The Morgan fingerprint density at radius 1 is 1.00 bits per heavy atom. The Bertz CT molecular complexity index is 688. The van der Waals surface area contributed by atoms with Crippen molar-refractivity contribution in [1.29, 1.82) is 0 Å². The molecule has 0 amide bonds. The number of halogens is 2. The predicted octanol–water partition coefficient (Wildman–Crippen LogP) is 5.02. The fraction of sp³-hybridized carbons (Fsp3) is 0.118. The van der Waals surface area contributed by atoms with E-state index in [4.69, 9.17) is 27.9 Å².